The molecule has 2 atom stereocenters. The molecule has 1 aliphatic heterocycles. The summed E-state index contributed by atoms with van der Waals surface area (Å²) in [6, 6.07) is 25.6. The van der Waals surface area contributed by atoms with Crippen LogP contribution >= 0.6 is 23.8 Å². The SMILES string of the molecule is Cc1ccc(-c2ccc([C@H]3[C@@H](c4ccccn4)NC(=S)N3c3ccccc3)o2)cc1Cl. The van der Waals surface area contributed by atoms with Crippen LogP contribution < -0.4 is 10.2 Å². The normalized spacial score (nSPS) is 18.3. The molecule has 2 aromatic carbocycles. The molecule has 154 valence electrons. The van der Waals surface area contributed by atoms with Gasteiger partial charge in [0, 0.05) is 22.5 Å². The summed E-state index contributed by atoms with van der Waals surface area (Å²) in [5.74, 6) is 1.57. The fourth-order valence-corrected chi connectivity index (χ4v) is 4.45. The number of thiocarbonyl (C=S) groups is 1. The molecule has 6 heteroatoms. The molecule has 0 saturated carbocycles. The second-order valence-corrected chi connectivity index (χ2v) is 8.29. The number of nitrogens with one attached hydrogen (secondary N) is 1. The molecule has 1 aliphatic rings. The van der Waals surface area contributed by atoms with Crippen molar-refractivity contribution in [1.29, 1.82) is 0 Å². The van der Waals surface area contributed by atoms with E-state index in [1.165, 1.54) is 0 Å². The van der Waals surface area contributed by atoms with Gasteiger partial charge >= 0.3 is 0 Å². The predicted octanol–water partition coefficient (Wildman–Crippen LogP) is 6.48. The number of halogens is 1. The summed E-state index contributed by atoms with van der Waals surface area (Å²) in [5, 5.41) is 4.81. The minimum absolute atomic E-state index is 0.144. The molecule has 1 fully saturated rings. The van der Waals surface area contributed by atoms with E-state index in [0.717, 1.165) is 39.1 Å². The highest BCUT2D eigenvalue weighted by molar-refractivity contribution is 7.80. The third-order valence-corrected chi connectivity index (χ3v) is 6.23. The second-order valence-electron chi connectivity index (χ2n) is 7.50. The lowest BCUT2D eigenvalue weighted by atomic mass is 10.0. The van der Waals surface area contributed by atoms with E-state index in [9.17, 15) is 0 Å². The Labute approximate surface area is 191 Å². The monoisotopic (exact) mass is 445 g/mol. The standard InChI is InChI=1S/C25H20ClN3OS/c1-16-10-11-17(15-19(16)26)21-12-13-22(30-21)24-23(20-9-5-6-14-27-20)28-25(31)29(24)18-7-3-2-4-8-18/h2-15,23-24H,1H3,(H,28,31)/t23-,24+/m1/s1. The maximum Gasteiger partial charge on any atom is 0.174 e. The van der Waals surface area contributed by atoms with Crippen molar-refractivity contribution < 1.29 is 4.42 Å². The number of pyridine rings is 1. The van der Waals surface area contributed by atoms with Gasteiger partial charge in [-0.25, -0.2) is 0 Å². The van der Waals surface area contributed by atoms with Crippen LogP contribution in [-0.4, -0.2) is 10.1 Å². The van der Waals surface area contributed by atoms with E-state index in [2.05, 4.69) is 15.2 Å². The van der Waals surface area contributed by atoms with Gasteiger partial charge in [-0.2, -0.15) is 0 Å². The van der Waals surface area contributed by atoms with Crippen molar-refractivity contribution in [2.24, 2.45) is 0 Å². The van der Waals surface area contributed by atoms with E-state index in [4.69, 9.17) is 28.2 Å². The second kappa shape index (κ2) is 8.17. The predicted molar refractivity (Wildman–Crippen MR) is 128 cm³/mol. The number of nitrogens with zero attached hydrogens (tertiary/aromatic N) is 2. The zero-order valence-corrected chi connectivity index (χ0v) is 18.4. The highest BCUT2D eigenvalue weighted by Crippen LogP contribution is 2.43. The van der Waals surface area contributed by atoms with Gasteiger partial charge in [-0.05, 0) is 67.2 Å². The molecule has 0 aliphatic carbocycles. The summed E-state index contributed by atoms with van der Waals surface area (Å²) >= 11 is 12.1. The van der Waals surface area contributed by atoms with Crippen molar-refractivity contribution in [1.82, 2.24) is 10.3 Å². The molecule has 0 bridgehead atoms. The van der Waals surface area contributed by atoms with Gasteiger partial charge in [0.1, 0.15) is 17.6 Å². The average molecular weight is 446 g/mol. The van der Waals surface area contributed by atoms with Crippen molar-refractivity contribution in [2.75, 3.05) is 4.90 Å². The number of hydrogen-bond acceptors (Lipinski definition) is 3. The summed E-state index contributed by atoms with van der Waals surface area (Å²) in [6.07, 6.45) is 1.80. The van der Waals surface area contributed by atoms with Crippen LogP contribution in [0.2, 0.25) is 5.02 Å². The van der Waals surface area contributed by atoms with Crippen LogP contribution in [0.15, 0.2) is 89.5 Å². The number of aryl methyl sites for hydroxylation is 1. The summed E-state index contributed by atoms with van der Waals surface area (Å²) in [7, 11) is 0. The topological polar surface area (TPSA) is 41.3 Å². The first-order valence-corrected chi connectivity index (χ1v) is 10.8. The Balaban J connectivity index is 1.59. The molecule has 2 aromatic heterocycles. The first-order chi connectivity index (χ1) is 15.1. The number of para-hydroxylation sites is 1. The van der Waals surface area contributed by atoms with Crippen LogP contribution in [0.1, 0.15) is 29.1 Å². The molecular weight excluding hydrogens is 426 g/mol. The quantitative estimate of drug-likeness (QED) is 0.364. The molecular formula is C25H20ClN3OS. The maximum absolute atomic E-state index is 6.37. The van der Waals surface area contributed by atoms with E-state index in [1.54, 1.807) is 6.20 Å². The van der Waals surface area contributed by atoms with E-state index < -0.39 is 0 Å². The lowest BCUT2D eigenvalue weighted by Gasteiger charge is -2.26. The lowest BCUT2D eigenvalue weighted by Crippen LogP contribution is -2.29. The fourth-order valence-electron chi connectivity index (χ4n) is 3.92. The average Bonchev–Trinajstić information content (AvgIpc) is 3.41. The Hall–Kier alpha value is -3.15. The van der Waals surface area contributed by atoms with Crippen molar-refractivity contribution >= 4 is 34.6 Å². The minimum Gasteiger partial charge on any atom is -0.459 e. The molecule has 31 heavy (non-hydrogen) atoms. The van der Waals surface area contributed by atoms with Gasteiger partial charge in [0.25, 0.3) is 0 Å². The van der Waals surface area contributed by atoms with E-state index in [1.807, 2.05) is 85.8 Å². The van der Waals surface area contributed by atoms with Gasteiger partial charge in [-0.15, -0.1) is 0 Å². The number of furan rings is 1. The van der Waals surface area contributed by atoms with Crippen LogP contribution in [0.3, 0.4) is 0 Å². The number of anilines is 1. The molecule has 3 heterocycles. The Morgan fingerprint density at radius 2 is 1.81 bits per heavy atom. The van der Waals surface area contributed by atoms with Crippen molar-refractivity contribution in [3.63, 3.8) is 0 Å². The van der Waals surface area contributed by atoms with Crippen LogP contribution in [-0.2, 0) is 0 Å². The summed E-state index contributed by atoms with van der Waals surface area (Å²) in [4.78, 5) is 6.67. The van der Waals surface area contributed by atoms with Crippen LogP contribution in [0, 0.1) is 6.92 Å². The van der Waals surface area contributed by atoms with Gasteiger partial charge in [-0.1, -0.05) is 48.0 Å². The summed E-state index contributed by atoms with van der Waals surface area (Å²) < 4.78 is 6.37. The summed E-state index contributed by atoms with van der Waals surface area (Å²) in [5.41, 5.74) is 3.88. The number of benzene rings is 2. The van der Waals surface area contributed by atoms with Crippen LogP contribution in [0.5, 0.6) is 0 Å². The fraction of sp³-hybridized carbons (Fsp3) is 0.120. The van der Waals surface area contributed by atoms with E-state index >= 15 is 0 Å². The zero-order chi connectivity index (χ0) is 21.4. The van der Waals surface area contributed by atoms with Crippen molar-refractivity contribution in [3.8, 4) is 11.3 Å². The molecule has 5 rings (SSSR count). The molecule has 0 unspecified atom stereocenters. The van der Waals surface area contributed by atoms with E-state index in [0.29, 0.717) is 5.11 Å². The largest absolute Gasteiger partial charge is 0.459 e. The number of rotatable bonds is 4. The molecule has 0 spiro atoms. The number of hydrogen-bond donors (Lipinski definition) is 1. The highest BCUT2D eigenvalue weighted by Gasteiger charge is 2.42. The molecule has 0 amide bonds. The van der Waals surface area contributed by atoms with E-state index in [-0.39, 0.29) is 12.1 Å². The molecule has 0 radical (unpaired) electrons. The summed E-state index contributed by atoms with van der Waals surface area (Å²) in [6.45, 7) is 1.99. The van der Waals surface area contributed by atoms with Crippen molar-refractivity contribution in [3.05, 3.63) is 107 Å². The third-order valence-electron chi connectivity index (χ3n) is 5.51. The van der Waals surface area contributed by atoms with Crippen LogP contribution in [0.4, 0.5) is 5.69 Å². The maximum atomic E-state index is 6.37. The van der Waals surface area contributed by atoms with Gasteiger partial charge in [-0.3, -0.25) is 4.98 Å². The Morgan fingerprint density at radius 1 is 1.00 bits per heavy atom. The van der Waals surface area contributed by atoms with Crippen LogP contribution in [0.25, 0.3) is 11.3 Å². The molecule has 4 aromatic rings. The molecule has 4 nitrogen and oxygen atoms in total. The van der Waals surface area contributed by atoms with Gasteiger partial charge in [0.05, 0.1) is 11.7 Å². The lowest BCUT2D eigenvalue weighted by molar-refractivity contribution is 0.439. The minimum atomic E-state index is -0.181. The Kier molecular flexibility index (Phi) is 5.22. The first-order valence-electron chi connectivity index (χ1n) is 10.0. The first kappa shape index (κ1) is 19.8. The Bertz CT molecular complexity index is 1230. The van der Waals surface area contributed by atoms with Gasteiger partial charge < -0.3 is 14.6 Å². The van der Waals surface area contributed by atoms with Gasteiger partial charge in [0.2, 0.25) is 0 Å². The van der Waals surface area contributed by atoms with Crippen molar-refractivity contribution in [2.45, 2.75) is 19.0 Å². The number of aromatic nitrogens is 1. The zero-order valence-electron chi connectivity index (χ0n) is 16.8. The third kappa shape index (κ3) is 3.71. The molecule has 1 saturated heterocycles. The van der Waals surface area contributed by atoms with Gasteiger partial charge in [0.15, 0.2) is 5.11 Å². The molecule has 1 N–H and O–H groups in total. The Morgan fingerprint density at radius 3 is 2.55 bits per heavy atom. The smallest absolute Gasteiger partial charge is 0.174 e. The highest BCUT2D eigenvalue weighted by atomic mass is 35.5.